The lowest BCUT2D eigenvalue weighted by Gasteiger charge is -2.35. The molecule has 2 aromatic rings. The first-order valence-corrected chi connectivity index (χ1v) is 7.98. The van der Waals surface area contributed by atoms with Gasteiger partial charge in [-0.05, 0) is 41.3 Å². The summed E-state index contributed by atoms with van der Waals surface area (Å²) < 4.78 is 5.54. The van der Waals surface area contributed by atoms with Crippen molar-refractivity contribution >= 4 is 11.4 Å². The van der Waals surface area contributed by atoms with Crippen LogP contribution in [0, 0.1) is 11.3 Å². The standard InChI is InChI=1S/C21H17NO2/c1-21(2)16-10-13-9-12(11-22)7-8-14(13)18(16)20(23)15-5-4-6-17(24-3)19(15)21/h4-9H,10H2,1-3H3. The average molecular weight is 315 g/mol. The molecule has 0 aromatic heterocycles. The van der Waals surface area contributed by atoms with Crippen molar-refractivity contribution in [1.29, 1.82) is 5.26 Å². The third-order valence-corrected chi connectivity index (χ3v) is 5.27. The number of Topliss-reactive ketones (excluding diaryl/α,β-unsaturated/α-hetero) is 1. The molecule has 4 rings (SSSR count). The first-order valence-electron chi connectivity index (χ1n) is 7.98. The normalized spacial score (nSPS) is 17.0. The van der Waals surface area contributed by atoms with Gasteiger partial charge in [-0.2, -0.15) is 5.26 Å². The molecule has 0 atom stereocenters. The molecule has 2 aliphatic carbocycles. The van der Waals surface area contributed by atoms with E-state index < -0.39 is 0 Å². The minimum absolute atomic E-state index is 0.0571. The molecule has 0 unspecified atom stereocenters. The highest BCUT2D eigenvalue weighted by molar-refractivity contribution is 6.33. The van der Waals surface area contributed by atoms with E-state index in [2.05, 4.69) is 19.9 Å². The molecule has 0 heterocycles. The summed E-state index contributed by atoms with van der Waals surface area (Å²) in [6.45, 7) is 4.29. The van der Waals surface area contributed by atoms with Crippen molar-refractivity contribution in [3.05, 3.63) is 69.8 Å². The van der Waals surface area contributed by atoms with Crippen LogP contribution >= 0.6 is 0 Å². The van der Waals surface area contributed by atoms with Crippen LogP contribution in [-0.4, -0.2) is 12.9 Å². The first kappa shape index (κ1) is 14.7. The van der Waals surface area contributed by atoms with E-state index in [1.165, 1.54) is 0 Å². The molecule has 0 bridgehead atoms. The number of ether oxygens (including phenoxy) is 1. The lowest BCUT2D eigenvalue weighted by atomic mass is 9.68. The molecule has 0 spiro atoms. The number of nitriles is 1. The SMILES string of the molecule is COc1cccc2c1C(C)(C)C1=C(C2=O)c2ccc(C#N)cc2C1. The Balaban J connectivity index is 1.98. The third-order valence-electron chi connectivity index (χ3n) is 5.27. The van der Waals surface area contributed by atoms with Crippen LogP contribution in [-0.2, 0) is 11.8 Å². The fourth-order valence-electron chi connectivity index (χ4n) is 4.11. The molecule has 2 aromatic carbocycles. The van der Waals surface area contributed by atoms with E-state index in [1.807, 2.05) is 30.3 Å². The van der Waals surface area contributed by atoms with Gasteiger partial charge in [0.05, 0.1) is 18.7 Å². The van der Waals surface area contributed by atoms with Gasteiger partial charge in [0.15, 0.2) is 5.78 Å². The Kier molecular flexibility index (Phi) is 2.95. The molecule has 0 radical (unpaired) electrons. The van der Waals surface area contributed by atoms with E-state index in [0.717, 1.165) is 39.1 Å². The molecule has 0 fully saturated rings. The zero-order valence-corrected chi connectivity index (χ0v) is 13.9. The molecule has 0 saturated carbocycles. The third kappa shape index (κ3) is 1.74. The van der Waals surface area contributed by atoms with Gasteiger partial charge in [-0.15, -0.1) is 0 Å². The van der Waals surface area contributed by atoms with Crippen LogP contribution in [0.3, 0.4) is 0 Å². The smallest absolute Gasteiger partial charge is 0.194 e. The number of hydrogen-bond acceptors (Lipinski definition) is 3. The fraction of sp³-hybridized carbons (Fsp3) is 0.238. The second kappa shape index (κ2) is 4.82. The number of methoxy groups -OCH3 is 1. The summed E-state index contributed by atoms with van der Waals surface area (Å²) in [5, 5.41) is 9.15. The predicted octanol–water partition coefficient (Wildman–Crippen LogP) is 4.05. The minimum Gasteiger partial charge on any atom is -0.496 e. The van der Waals surface area contributed by atoms with Gasteiger partial charge in [-0.25, -0.2) is 0 Å². The highest BCUT2D eigenvalue weighted by Crippen LogP contribution is 2.52. The summed E-state index contributed by atoms with van der Waals surface area (Å²) in [5.74, 6) is 0.813. The van der Waals surface area contributed by atoms with Crippen LogP contribution in [0.25, 0.3) is 5.57 Å². The van der Waals surface area contributed by atoms with E-state index in [-0.39, 0.29) is 11.2 Å². The van der Waals surface area contributed by atoms with Crippen molar-refractivity contribution in [2.75, 3.05) is 7.11 Å². The molecule has 24 heavy (non-hydrogen) atoms. The number of nitrogens with zero attached hydrogens (tertiary/aromatic N) is 1. The van der Waals surface area contributed by atoms with E-state index in [0.29, 0.717) is 12.0 Å². The molecular formula is C21H17NO2. The maximum absolute atomic E-state index is 13.2. The van der Waals surface area contributed by atoms with Crippen molar-refractivity contribution in [2.45, 2.75) is 25.7 Å². The van der Waals surface area contributed by atoms with Crippen LogP contribution in [0.4, 0.5) is 0 Å². The summed E-state index contributed by atoms with van der Waals surface area (Å²) in [6.07, 6.45) is 0.705. The van der Waals surface area contributed by atoms with E-state index in [9.17, 15) is 4.79 Å². The van der Waals surface area contributed by atoms with Gasteiger partial charge in [-0.1, -0.05) is 32.0 Å². The quantitative estimate of drug-likeness (QED) is 0.797. The largest absolute Gasteiger partial charge is 0.496 e. The monoisotopic (exact) mass is 315 g/mol. The maximum atomic E-state index is 13.2. The van der Waals surface area contributed by atoms with E-state index in [4.69, 9.17) is 10.00 Å². The number of allylic oxidation sites excluding steroid dienone is 2. The summed E-state index contributed by atoms with van der Waals surface area (Å²) in [6, 6.07) is 13.4. The van der Waals surface area contributed by atoms with Gasteiger partial charge >= 0.3 is 0 Å². The van der Waals surface area contributed by atoms with Crippen LogP contribution in [0.15, 0.2) is 42.0 Å². The minimum atomic E-state index is -0.295. The number of carbonyl (C=O) groups excluding carboxylic acids is 1. The number of benzene rings is 2. The Morgan fingerprint density at radius 3 is 2.67 bits per heavy atom. The summed E-state index contributed by atoms with van der Waals surface area (Å²) in [5.41, 5.74) is 5.98. The molecule has 3 nitrogen and oxygen atoms in total. The lowest BCUT2D eigenvalue weighted by Crippen LogP contribution is -2.30. The molecule has 3 heteroatoms. The zero-order valence-electron chi connectivity index (χ0n) is 13.9. The molecule has 118 valence electrons. The second-order valence-electron chi connectivity index (χ2n) is 6.85. The molecule has 0 amide bonds. The van der Waals surface area contributed by atoms with E-state index in [1.54, 1.807) is 13.2 Å². The fourth-order valence-corrected chi connectivity index (χ4v) is 4.11. The maximum Gasteiger partial charge on any atom is 0.194 e. The topological polar surface area (TPSA) is 50.1 Å². The van der Waals surface area contributed by atoms with Crippen molar-refractivity contribution < 1.29 is 9.53 Å². The van der Waals surface area contributed by atoms with Gasteiger partial charge < -0.3 is 4.74 Å². The highest BCUT2D eigenvalue weighted by atomic mass is 16.5. The van der Waals surface area contributed by atoms with Crippen LogP contribution < -0.4 is 4.74 Å². The van der Waals surface area contributed by atoms with E-state index >= 15 is 0 Å². The van der Waals surface area contributed by atoms with Gasteiger partial charge in [-0.3, -0.25) is 4.79 Å². The van der Waals surface area contributed by atoms with Crippen LogP contribution in [0.1, 0.15) is 46.5 Å². The molecule has 0 N–H and O–H groups in total. The Morgan fingerprint density at radius 1 is 1.17 bits per heavy atom. The number of carbonyl (C=O) groups is 1. The second-order valence-corrected chi connectivity index (χ2v) is 6.85. The first-order chi connectivity index (χ1) is 11.5. The van der Waals surface area contributed by atoms with Crippen molar-refractivity contribution in [1.82, 2.24) is 0 Å². The zero-order chi connectivity index (χ0) is 17.1. The Hall–Kier alpha value is -2.86. The van der Waals surface area contributed by atoms with Gasteiger partial charge in [0.2, 0.25) is 0 Å². The van der Waals surface area contributed by atoms with Crippen molar-refractivity contribution in [2.24, 2.45) is 0 Å². The lowest BCUT2D eigenvalue weighted by molar-refractivity contribution is 0.105. The number of ketones is 1. The summed E-state index contributed by atoms with van der Waals surface area (Å²) in [4.78, 5) is 13.2. The summed E-state index contributed by atoms with van der Waals surface area (Å²) in [7, 11) is 1.64. The molecular weight excluding hydrogens is 298 g/mol. The molecule has 2 aliphatic rings. The number of fused-ring (bicyclic) bond motifs is 3. The number of rotatable bonds is 1. The summed E-state index contributed by atoms with van der Waals surface area (Å²) >= 11 is 0. The Morgan fingerprint density at radius 2 is 1.96 bits per heavy atom. The van der Waals surface area contributed by atoms with Crippen molar-refractivity contribution in [3.8, 4) is 11.8 Å². The Bertz CT molecular complexity index is 974. The average Bonchev–Trinajstić information content (AvgIpc) is 2.99. The van der Waals surface area contributed by atoms with Crippen molar-refractivity contribution in [3.63, 3.8) is 0 Å². The number of hydrogen-bond donors (Lipinski definition) is 0. The van der Waals surface area contributed by atoms with Crippen LogP contribution in [0.2, 0.25) is 0 Å². The molecule has 0 aliphatic heterocycles. The molecule has 0 saturated heterocycles. The highest BCUT2D eigenvalue weighted by Gasteiger charge is 2.44. The van der Waals surface area contributed by atoms with Gasteiger partial charge in [0.25, 0.3) is 0 Å². The van der Waals surface area contributed by atoms with Crippen LogP contribution in [0.5, 0.6) is 5.75 Å². The predicted molar refractivity (Wildman–Crippen MR) is 92.1 cm³/mol. The van der Waals surface area contributed by atoms with Gasteiger partial charge in [0.1, 0.15) is 5.75 Å². The van der Waals surface area contributed by atoms with Gasteiger partial charge in [0, 0.05) is 22.1 Å². The Labute approximate surface area is 141 Å².